The van der Waals surface area contributed by atoms with Gasteiger partial charge in [-0.05, 0) is 88.9 Å². The predicted octanol–water partition coefficient (Wildman–Crippen LogP) is 5.81. The highest BCUT2D eigenvalue weighted by Crippen LogP contribution is 2.27. The zero-order chi connectivity index (χ0) is 21.3. The molecule has 3 aromatic carbocycles. The van der Waals surface area contributed by atoms with E-state index in [2.05, 4.69) is 40.1 Å². The fourth-order valence-corrected chi connectivity index (χ4v) is 3.70. The lowest BCUT2D eigenvalue weighted by atomic mass is 10.1. The van der Waals surface area contributed by atoms with E-state index >= 15 is 0 Å². The first-order valence-electron chi connectivity index (χ1n) is 9.53. The topological polar surface area (TPSA) is 64.4 Å². The summed E-state index contributed by atoms with van der Waals surface area (Å²) < 4.78 is 11.9. The summed E-state index contributed by atoms with van der Waals surface area (Å²) in [4.78, 5) is 17.0. The first-order valence-corrected chi connectivity index (χ1v) is 10.3. The third-order valence-electron chi connectivity index (χ3n) is 5.07. The molecule has 0 saturated carbocycles. The van der Waals surface area contributed by atoms with Gasteiger partial charge in [0.05, 0.1) is 11.6 Å². The number of nitrogens with one attached hydrogen (secondary N) is 1. The van der Waals surface area contributed by atoms with Crippen LogP contribution in [0.4, 0.5) is 0 Å². The van der Waals surface area contributed by atoms with Gasteiger partial charge in [-0.25, -0.2) is 4.98 Å². The van der Waals surface area contributed by atoms with Crippen LogP contribution in [0.2, 0.25) is 0 Å². The summed E-state index contributed by atoms with van der Waals surface area (Å²) >= 11 is 3.40. The highest BCUT2D eigenvalue weighted by Gasteiger charge is 2.11. The molecule has 152 valence electrons. The van der Waals surface area contributed by atoms with Gasteiger partial charge in [0.1, 0.15) is 11.3 Å². The van der Waals surface area contributed by atoms with Crippen LogP contribution in [0.1, 0.15) is 27.0 Å². The summed E-state index contributed by atoms with van der Waals surface area (Å²) in [5, 5.41) is 2.93. The summed E-state index contributed by atoms with van der Waals surface area (Å²) in [6, 6.07) is 17.1. The molecule has 0 aliphatic heterocycles. The van der Waals surface area contributed by atoms with Crippen molar-refractivity contribution in [2.75, 3.05) is 7.11 Å². The number of methoxy groups -OCH3 is 1. The van der Waals surface area contributed by atoms with E-state index in [1.807, 2.05) is 36.4 Å². The number of benzene rings is 3. The van der Waals surface area contributed by atoms with Gasteiger partial charge in [0.15, 0.2) is 5.58 Å². The Kier molecular flexibility index (Phi) is 5.59. The van der Waals surface area contributed by atoms with Gasteiger partial charge in [-0.15, -0.1) is 0 Å². The van der Waals surface area contributed by atoms with Crippen molar-refractivity contribution in [3.8, 4) is 17.2 Å². The molecule has 0 fully saturated rings. The Balaban J connectivity index is 1.45. The van der Waals surface area contributed by atoms with E-state index in [-0.39, 0.29) is 5.91 Å². The number of nitrogens with zero attached hydrogens (tertiary/aromatic N) is 1. The van der Waals surface area contributed by atoms with Gasteiger partial charge in [0, 0.05) is 17.7 Å². The number of oxazole rings is 1. The van der Waals surface area contributed by atoms with E-state index in [1.54, 1.807) is 25.3 Å². The van der Waals surface area contributed by atoms with Crippen LogP contribution in [-0.2, 0) is 6.54 Å². The minimum Gasteiger partial charge on any atom is -0.496 e. The third kappa shape index (κ3) is 4.09. The molecule has 0 saturated heterocycles. The van der Waals surface area contributed by atoms with Crippen LogP contribution in [0.3, 0.4) is 0 Å². The van der Waals surface area contributed by atoms with Crippen LogP contribution in [-0.4, -0.2) is 18.0 Å². The average Bonchev–Trinajstić information content (AvgIpc) is 3.15. The Hall–Kier alpha value is -3.12. The van der Waals surface area contributed by atoms with Crippen molar-refractivity contribution in [1.29, 1.82) is 0 Å². The van der Waals surface area contributed by atoms with E-state index in [9.17, 15) is 4.79 Å². The number of hydrogen-bond donors (Lipinski definition) is 1. The van der Waals surface area contributed by atoms with Gasteiger partial charge >= 0.3 is 0 Å². The van der Waals surface area contributed by atoms with E-state index < -0.39 is 0 Å². The summed E-state index contributed by atoms with van der Waals surface area (Å²) in [6.45, 7) is 4.55. The Bertz CT molecular complexity index is 1190. The third-order valence-corrected chi connectivity index (χ3v) is 5.69. The Morgan fingerprint density at radius 3 is 2.50 bits per heavy atom. The fourth-order valence-electron chi connectivity index (χ4n) is 3.16. The number of rotatable bonds is 5. The maximum absolute atomic E-state index is 12.4. The Morgan fingerprint density at radius 1 is 1.07 bits per heavy atom. The largest absolute Gasteiger partial charge is 0.496 e. The molecule has 1 heterocycles. The summed E-state index contributed by atoms with van der Waals surface area (Å²) in [6.07, 6.45) is 0. The molecule has 4 aromatic rings. The van der Waals surface area contributed by atoms with Crippen molar-refractivity contribution in [2.45, 2.75) is 20.4 Å². The second kappa shape index (κ2) is 8.32. The van der Waals surface area contributed by atoms with Gasteiger partial charge in [-0.1, -0.05) is 12.1 Å². The monoisotopic (exact) mass is 464 g/mol. The van der Waals surface area contributed by atoms with E-state index in [1.165, 1.54) is 11.1 Å². The number of ether oxygens (including phenoxy) is 1. The highest BCUT2D eigenvalue weighted by atomic mass is 79.9. The van der Waals surface area contributed by atoms with Crippen LogP contribution < -0.4 is 10.1 Å². The van der Waals surface area contributed by atoms with Crippen molar-refractivity contribution >= 4 is 32.9 Å². The van der Waals surface area contributed by atoms with E-state index in [0.29, 0.717) is 23.7 Å². The maximum atomic E-state index is 12.4. The van der Waals surface area contributed by atoms with Crippen LogP contribution in [0.15, 0.2) is 63.5 Å². The lowest BCUT2D eigenvalue weighted by Gasteiger charge is -2.08. The number of fused-ring (bicyclic) bond motifs is 1. The summed E-state index contributed by atoms with van der Waals surface area (Å²) in [5.74, 6) is 1.13. The quantitative estimate of drug-likeness (QED) is 0.404. The van der Waals surface area contributed by atoms with Crippen LogP contribution in [0.5, 0.6) is 5.75 Å². The Morgan fingerprint density at radius 2 is 1.80 bits per heavy atom. The average molecular weight is 465 g/mol. The number of carbonyl (C=O) groups is 1. The van der Waals surface area contributed by atoms with Crippen LogP contribution >= 0.6 is 15.9 Å². The van der Waals surface area contributed by atoms with Gasteiger partial charge < -0.3 is 14.5 Å². The maximum Gasteiger partial charge on any atom is 0.251 e. The first kappa shape index (κ1) is 20.2. The van der Waals surface area contributed by atoms with Crippen LogP contribution in [0.25, 0.3) is 22.6 Å². The second-order valence-corrected chi connectivity index (χ2v) is 8.01. The molecule has 0 unspecified atom stereocenters. The van der Waals surface area contributed by atoms with Gasteiger partial charge in [0.2, 0.25) is 5.89 Å². The zero-order valence-corrected chi connectivity index (χ0v) is 18.5. The minimum absolute atomic E-state index is 0.146. The van der Waals surface area contributed by atoms with Gasteiger partial charge in [-0.3, -0.25) is 4.79 Å². The lowest BCUT2D eigenvalue weighted by molar-refractivity contribution is 0.0951. The van der Waals surface area contributed by atoms with E-state index in [0.717, 1.165) is 26.7 Å². The molecule has 5 nitrogen and oxygen atoms in total. The standard InChI is InChI=1S/C24H21BrN2O3/c1-14-10-20-22(11-15(14)2)30-24(27-20)17-6-4-16(5-7-17)13-26-23(28)18-8-9-21(29-3)19(25)12-18/h4-12H,13H2,1-3H3,(H,26,28). The molecule has 1 aromatic heterocycles. The molecule has 6 heteroatoms. The zero-order valence-electron chi connectivity index (χ0n) is 17.0. The molecule has 0 aliphatic rings. The molecule has 0 bridgehead atoms. The minimum atomic E-state index is -0.146. The van der Waals surface area contributed by atoms with Crippen molar-refractivity contribution in [3.63, 3.8) is 0 Å². The van der Waals surface area contributed by atoms with Gasteiger partial charge in [-0.2, -0.15) is 0 Å². The lowest BCUT2D eigenvalue weighted by Crippen LogP contribution is -2.22. The molecular formula is C24H21BrN2O3. The molecule has 0 spiro atoms. The SMILES string of the molecule is COc1ccc(C(=O)NCc2ccc(-c3nc4cc(C)c(C)cc4o3)cc2)cc1Br. The smallest absolute Gasteiger partial charge is 0.251 e. The van der Waals surface area contributed by atoms with Crippen molar-refractivity contribution < 1.29 is 13.9 Å². The molecule has 30 heavy (non-hydrogen) atoms. The molecule has 0 aliphatic carbocycles. The molecule has 0 atom stereocenters. The molecule has 1 amide bonds. The normalized spacial score (nSPS) is 10.9. The van der Waals surface area contributed by atoms with Crippen molar-refractivity contribution in [1.82, 2.24) is 10.3 Å². The Labute approximate surface area is 183 Å². The van der Waals surface area contributed by atoms with E-state index in [4.69, 9.17) is 9.15 Å². The van der Waals surface area contributed by atoms with Gasteiger partial charge in [0.25, 0.3) is 5.91 Å². The van der Waals surface area contributed by atoms with Crippen molar-refractivity contribution in [2.24, 2.45) is 0 Å². The molecule has 1 N–H and O–H groups in total. The number of aromatic nitrogens is 1. The second-order valence-electron chi connectivity index (χ2n) is 7.15. The number of amides is 1. The highest BCUT2D eigenvalue weighted by molar-refractivity contribution is 9.10. The fraction of sp³-hybridized carbons (Fsp3) is 0.167. The molecule has 4 rings (SSSR count). The molecule has 0 radical (unpaired) electrons. The summed E-state index contributed by atoms with van der Waals surface area (Å²) in [5.41, 5.74) is 6.47. The summed E-state index contributed by atoms with van der Waals surface area (Å²) in [7, 11) is 1.59. The number of hydrogen-bond acceptors (Lipinski definition) is 4. The van der Waals surface area contributed by atoms with Crippen molar-refractivity contribution in [3.05, 3.63) is 81.3 Å². The first-order chi connectivity index (χ1) is 14.4. The number of carbonyl (C=O) groups excluding carboxylic acids is 1. The number of halogens is 1. The molecular weight excluding hydrogens is 444 g/mol. The van der Waals surface area contributed by atoms with Crippen LogP contribution in [0, 0.1) is 13.8 Å². The number of aryl methyl sites for hydroxylation is 2. The predicted molar refractivity (Wildman–Crippen MR) is 121 cm³/mol.